The first-order chi connectivity index (χ1) is 21.6. The molecule has 0 amide bonds. The molecule has 0 spiro atoms. The van der Waals surface area contributed by atoms with Crippen LogP contribution >= 0.6 is 11.6 Å². The molecule has 1 saturated heterocycles. The highest BCUT2D eigenvalue weighted by Gasteiger charge is 2.28. The standard InChI is InChI=1S/C31H42ClN7O5S/c1-37(45(3,42)43)28-10-5-4-9-26(28)34-30-25(32)18-33-31(36-30)35-27-12-11-21-17-22(7-6-8-24(21)29(27)44-2)39-15-13-38(14-16-39)19-23(41)20-40/h4-5,9-12,18,22-23,40-41H,6-8,13-17,19-20H2,1-3H3,(H2,33,34,35,36). The number of anilines is 5. The number of hydrogen-bond acceptors (Lipinski definition) is 11. The number of aromatic nitrogens is 2. The van der Waals surface area contributed by atoms with Crippen LogP contribution < -0.4 is 19.7 Å². The lowest BCUT2D eigenvalue weighted by Crippen LogP contribution is -2.52. The zero-order valence-electron chi connectivity index (χ0n) is 25.9. The van der Waals surface area contributed by atoms with Gasteiger partial charge in [-0.05, 0) is 55.0 Å². The summed E-state index contributed by atoms with van der Waals surface area (Å²) in [6.07, 6.45) is 5.89. The molecule has 244 valence electrons. The average Bonchev–Trinajstić information content (AvgIpc) is 3.25. The first kappa shape index (κ1) is 33.2. The molecule has 3 aromatic rings. The number of aliphatic hydroxyl groups is 2. The minimum Gasteiger partial charge on any atom is -0.494 e. The van der Waals surface area contributed by atoms with Gasteiger partial charge in [0, 0.05) is 45.8 Å². The van der Waals surface area contributed by atoms with Gasteiger partial charge in [-0.1, -0.05) is 29.8 Å². The molecule has 4 N–H and O–H groups in total. The Bertz CT molecular complexity index is 1590. The Morgan fingerprint density at radius 2 is 1.89 bits per heavy atom. The Kier molecular flexibility index (Phi) is 10.7. The van der Waals surface area contributed by atoms with Gasteiger partial charge in [0.05, 0.1) is 49.3 Å². The zero-order valence-corrected chi connectivity index (χ0v) is 27.5. The van der Waals surface area contributed by atoms with Gasteiger partial charge in [-0.3, -0.25) is 14.1 Å². The Morgan fingerprint density at radius 1 is 1.13 bits per heavy atom. The highest BCUT2D eigenvalue weighted by molar-refractivity contribution is 7.92. The lowest BCUT2D eigenvalue weighted by Gasteiger charge is -2.39. The molecule has 2 aliphatic rings. The van der Waals surface area contributed by atoms with E-state index in [1.807, 2.05) is 6.07 Å². The van der Waals surface area contributed by atoms with E-state index in [0.29, 0.717) is 35.7 Å². The topological polar surface area (TPSA) is 143 Å². The molecule has 1 aromatic heterocycles. The molecule has 5 rings (SSSR count). The van der Waals surface area contributed by atoms with Gasteiger partial charge in [-0.25, -0.2) is 13.4 Å². The van der Waals surface area contributed by atoms with Crippen molar-refractivity contribution in [1.29, 1.82) is 0 Å². The number of aliphatic hydroxyl groups excluding tert-OH is 2. The van der Waals surface area contributed by atoms with E-state index in [1.165, 1.54) is 28.7 Å². The van der Waals surface area contributed by atoms with Crippen molar-refractivity contribution < 1.29 is 23.4 Å². The number of nitrogens with one attached hydrogen (secondary N) is 2. The molecule has 2 heterocycles. The van der Waals surface area contributed by atoms with Crippen molar-refractivity contribution in [2.75, 3.05) is 74.7 Å². The second kappa shape index (κ2) is 14.5. The van der Waals surface area contributed by atoms with E-state index in [2.05, 4.69) is 36.5 Å². The fraction of sp³-hybridized carbons (Fsp3) is 0.484. The number of hydrogen-bond donors (Lipinski definition) is 4. The Balaban J connectivity index is 1.32. The van der Waals surface area contributed by atoms with E-state index in [-0.39, 0.29) is 11.6 Å². The summed E-state index contributed by atoms with van der Waals surface area (Å²) in [6, 6.07) is 11.6. The minimum absolute atomic E-state index is 0.208. The van der Waals surface area contributed by atoms with E-state index in [0.717, 1.165) is 69.6 Å². The molecule has 2 unspecified atom stereocenters. The maximum absolute atomic E-state index is 12.2. The fourth-order valence-electron chi connectivity index (χ4n) is 6.11. The van der Waals surface area contributed by atoms with Gasteiger partial charge in [0.2, 0.25) is 16.0 Å². The lowest BCUT2D eigenvalue weighted by molar-refractivity contribution is 0.0301. The molecular weight excluding hydrogens is 618 g/mol. The Morgan fingerprint density at radius 3 is 2.60 bits per heavy atom. The third kappa shape index (κ3) is 7.97. The number of fused-ring (bicyclic) bond motifs is 1. The van der Waals surface area contributed by atoms with Crippen molar-refractivity contribution in [3.05, 3.63) is 58.7 Å². The predicted octanol–water partition coefficient (Wildman–Crippen LogP) is 3.24. The molecule has 45 heavy (non-hydrogen) atoms. The molecule has 0 bridgehead atoms. The van der Waals surface area contributed by atoms with Crippen molar-refractivity contribution in [3.8, 4) is 5.75 Å². The summed E-state index contributed by atoms with van der Waals surface area (Å²) in [5.41, 5.74) is 4.18. The van der Waals surface area contributed by atoms with Crippen LogP contribution in [-0.2, 0) is 22.9 Å². The third-order valence-electron chi connectivity index (χ3n) is 8.57. The van der Waals surface area contributed by atoms with Gasteiger partial charge in [0.15, 0.2) is 5.82 Å². The van der Waals surface area contributed by atoms with Crippen LogP contribution in [0.3, 0.4) is 0 Å². The van der Waals surface area contributed by atoms with Crippen molar-refractivity contribution in [2.24, 2.45) is 0 Å². The summed E-state index contributed by atoms with van der Waals surface area (Å²) in [6.45, 7) is 3.94. The first-order valence-corrected chi connectivity index (χ1v) is 17.3. The number of halogens is 1. The van der Waals surface area contributed by atoms with Crippen LogP contribution in [0.4, 0.5) is 28.8 Å². The lowest BCUT2D eigenvalue weighted by atomic mass is 9.98. The van der Waals surface area contributed by atoms with Crippen LogP contribution in [0, 0.1) is 0 Å². The number of β-amino-alcohol motifs (C(OH)–C–C–N with tert-alkyl or cyclic N) is 1. The van der Waals surface area contributed by atoms with Gasteiger partial charge in [-0.15, -0.1) is 0 Å². The number of sulfonamides is 1. The summed E-state index contributed by atoms with van der Waals surface area (Å²) >= 11 is 6.46. The van der Waals surface area contributed by atoms with Gasteiger partial charge in [-0.2, -0.15) is 4.98 Å². The first-order valence-electron chi connectivity index (χ1n) is 15.1. The zero-order chi connectivity index (χ0) is 32.1. The van der Waals surface area contributed by atoms with Crippen LogP contribution in [0.15, 0.2) is 42.6 Å². The maximum atomic E-state index is 12.2. The molecule has 2 atom stereocenters. The normalized spacial score (nSPS) is 18.5. The summed E-state index contributed by atoms with van der Waals surface area (Å²) in [7, 11) is -0.319. The van der Waals surface area contributed by atoms with Crippen molar-refractivity contribution in [3.63, 3.8) is 0 Å². The number of nitrogens with zero attached hydrogens (tertiary/aromatic N) is 5. The Hall–Kier alpha value is -3.20. The highest BCUT2D eigenvalue weighted by atomic mass is 35.5. The smallest absolute Gasteiger partial charge is 0.232 e. The van der Waals surface area contributed by atoms with E-state index in [9.17, 15) is 18.6 Å². The largest absolute Gasteiger partial charge is 0.494 e. The molecule has 14 heteroatoms. The minimum atomic E-state index is -3.48. The number of methoxy groups -OCH3 is 1. The maximum Gasteiger partial charge on any atom is 0.232 e. The van der Waals surface area contributed by atoms with Crippen LogP contribution in [0.2, 0.25) is 5.02 Å². The van der Waals surface area contributed by atoms with Crippen LogP contribution in [0.5, 0.6) is 5.75 Å². The molecule has 2 aromatic carbocycles. The molecular formula is C31H42ClN7O5S. The number of para-hydroxylation sites is 2. The summed E-state index contributed by atoms with van der Waals surface area (Å²) in [5.74, 6) is 1.40. The van der Waals surface area contributed by atoms with Crippen molar-refractivity contribution >= 4 is 50.5 Å². The second-order valence-corrected chi connectivity index (χ2v) is 14.0. The SMILES string of the molecule is COc1c(Nc2ncc(Cl)c(Nc3ccccc3N(C)S(C)(=O)=O)n2)ccc2c1CCCC(N1CCN(CC(O)CO)CC1)C2. The Labute approximate surface area is 270 Å². The van der Waals surface area contributed by atoms with Gasteiger partial charge in [0.1, 0.15) is 10.8 Å². The molecule has 0 saturated carbocycles. The summed E-state index contributed by atoms with van der Waals surface area (Å²) in [5, 5.41) is 25.7. The molecule has 12 nitrogen and oxygen atoms in total. The van der Waals surface area contributed by atoms with Gasteiger partial charge in [0.25, 0.3) is 0 Å². The van der Waals surface area contributed by atoms with E-state index < -0.39 is 16.1 Å². The molecule has 0 radical (unpaired) electrons. The number of ether oxygens (including phenoxy) is 1. The highest BCUT2D eigenvalue weighted by Crippen LogP contribution is 2.38. The number of rotatable bonds is 11. The summed E-state index contributed by atoms with van der Waals surface area (Å²) < 4.78 is 31.5. The fourth-order valence-corrected chi connectivity index (χ4v) is 6.76. The van der Waals surface area contributed by atoms with Gasteiger partial charge >= 0.3 is 0 Å². The number of benzene rings is 2. The van der Waals surface area contributed by atoms with E-state index >= 15 is 0 Å². The van der Waals surface area contributed by atoms with Crippen LogP contribution in [0.1, 0.15) is 24.0 Å². The summed E-state index contributed by atoms with van der Waals surface area (Å²) in [4.78, 5) is 13.8. The van der Waals surface area contributed by atoms with Gasteiger partial charge < -0.3 is 25.6 Å². The average molecular weight is 660 g/mol. The second-order valence-electron chi connectivity index (χ2n) is 11.6. The van der Waals surface area contributed by atoms with Crippen LogP contribution in [0.25, 0.3) is 0 Å². The van der Waals surface area contributed by atoms with Crippen molar-refractivity contribution in [1.82, 2.24) is 19.8 Å². The van der Waals surface area contributed by atoms with E-state index in [1.54, 1.807) is 31.4 Å². The molecule has 1 aliphatic carbocycles. The third-order valence-corrected chi connectivity index (χ3v) is 10.0. The molecule has 1 fully saturated rings. The quantitative estimate of drug-likeness (QED) is 0.225. The molecule has 1 aliphatic heterocycles. The van der Waals surface area contributed by atoms with E-state index in [4.69, 9.17) is 16.3 Å². The number of piperazine rings is 1. The predicted molar refractivity (Wildman–Crippen MR) is 178 cm³/mol. The monoisotopic (exact) mass is 659 g/mol. The van der Waals surface area contributed by atoms with Crippen molar-refractivity contribution in [2.45, 2.75) is 37.8 Å². The van der Waals surface area contributed by atoms with Crippen LogP contribution in [-0.4, -0.2) is 110 Å².